The third-order valence-electron chi connectivity index (χ3n) is 2.61. The van der Waals surface area contributed by atoms with Crippen LogP contribution < -0.4 is 20.5 Å². The van der Waals surface area contributed by atoms with Crippen LogP contribution in [0.1, 0.15) is 12.5 Å². The van der Waals surface area contributed by atoms with Gasteiger partial charge in [0.05, 0.1) is 20.8 Å². The van der Waals surface area contributed by atoms with Crippen molar-refractivity contribution in [3.05, 3.63) is 23.8 Å². The van der Waals surface area contributed by atoms with E-state index in [1.807, 2.05) is 25.1 Å². The third kappa shape index (κ3) is 4.25. The van der Waals surface area contributed by atoms with Crippen molar-refractivity contribution in [2.24, 2.45) is 5.73 Å². The number of hydrogen-bond acceptors (Lipinski definition) is 4. The number of ether oxygens (including phenoxy) is 2. The number of nitrogens with two attached hydrogens (primary N) is 1. The molecule has 0 saturated carbocycles. The zero-order valence-electron chi connectivity index (χ0n) is 11.0. The second-order valence-electron chi connectivity index (χ2n) is 4.14. The normalized spacial score (nSPS) is 11.9. The molecule has 1 aromatic rings. The molecule has 0 bridgehead atoms. The Morgan fingerprint density at radius 2 is 2.00 bits per heavy atom. The van der Waals surface area contributed by atoms with Crippen LogP contribution >= 0.6 is 0 Å². The summed E-state index contributed by atoms with van der Waals surface area (Å²) < 4.78 is 10.4. The van der Waals surface area contributed by atoms with E-state index in [2.05, 4.69) is 5.32 Å². The first-order valence-electron chi connectivity index (χ1n) is 5.79. The fourth-order valence-corrected chi connectivity index (χ4v) is 1.71. The van der Waals surface area contributed by atoms with Gasteiger partial charge in [0.2, 0.25) is 5.91 Å². The Kier molecular flexibility index (Phi) is 5.45. The molecule has 0 aromatic heterocycles. The summed E-state index contributed by atoms with van der Waals surface area (Å²) in [4.78, 5) is 10.7. The summed E-state index contributed by atoms with van der Waals surface area (Å²) in [5.74, 6) is 1.06. The molecule has 0 spiro atoms. The summed E-state index contributed by atoms with van der Waals surface area (Å²) in [5.41, 5.74) is 6.19. The van der Waals surface area contributed by atoms with Crippen molar-refractivity contribution in [1.29, 1.82) is 0 Å². The lowest BCUT2D eigenvalue weighted by Gasteiger charge is -2.14. The van der Waals surface area contributed by atoms with Gasteiger partial charge in [-0.3, -0.25) is 4.79 Å². The molecule has 1 rings (SSSR count). The predicted molar refractivity (Wildman–Crippen MR) is 69.9 cm³/mol. The van der Waals surface area contributed by atoms with Crippen LogP contribution in [-0.2, 0) is 11.2 Å². The molecule has 0 saturated heterocycles. The van der Waals surface area contributed by atoms with Crippen LogP contribution in [0.5, 0.6) is 11.5 Å². The molecule has 0 aliphatic heterocycles. The summed E-state index contributed by atoms with van der Waals surface area (Å²) in [5, 5.41) is 3.05. The maximum absolute atomic E-state index is 10.7. The molecule has 0 fully saturated rings. The molecule has 1 amide bonds. The highest BCUT2D eigenvalue weighted by Gasteiger charge is 2.08. The zero-order valence-corrected chi connectivity index (χ0v) is 11.0. The largest absolute Gasteiger partial charge is 0.493 e. The van der Waals surface area contributed by atoms with E-state index in [-0.39, 0.29) is 18.5 Å². The lowest BCUT2D eigenvalue weighted by Crippen LogP contribution is -2.35. The summed E-state index contributed by atoms with van der Waals surface area (Å²) in [7, 11) is 3.21. The number of methoxy groups -OCH3 is 2. The molecule has 0 radical (unpaired) electrons. The Morgan fingerprint density at radius 3 is 2.56 bits per heavy atom. The van der Waals surface area contributed by atoms with Crippen LogP contribution in [0.25, 0.3) is 0 Å². The minimum absolute atomic E-state index is 0.163. The van der Waals surface area contributed by atoms with Gasteiger partial charge in [-0.2, -0.15) is 0 Å². The molecule has 1 unspecified atom stereocenters. The van der Waals surface area contributed by atoms with Crippen molar-refractivity contribution in [3.63, 3.8) is 0 Å². The van der Waals surface area contributed by atoms with E-state index in [4.69, 9.17) is 15.2 Å². The second kappa shape index (κ2) is 6.86. The number of amides is 1. The lowest BCUT2D eigenvalue weighted by molar-refractivity contribution is -0.117. The SMILES string of the molecule is COc1ccc(CC(C)NCC(N)=O)cc1OC. The van der Waals surface area contributed by atoms with E-state index < -0.39 is 0 Å². The molecule has 5 nitrogen and oxygen atoms in total. The highest BCUT2D eigenvalue weighted by atomic mass is 16.5. The van der Waals surface area contributed by atoms with Crippen molar-refractivity contribution < 1.29 is 14.3 Å². The average molecular weight is 252 g/mol. The maximum atomic E-state index is 10.7. The number of carbonyl (C=O) groups is 1. The minimum atomic E-state index is -0.353. The molecular formula is C13H20N2O3. The van der Waals surface area contributed by atoms with E-state index >= 15 is 0 Å². The first kappa shape index (κ1) is 14.3. The van der Waals surface area contributed by atoms with Gasteiger partial charge in [-0.05, 0) is 31.0 Å². The van der Waals surface area contributed by atoms with Crippen LogP contribution in [0.4, 0.5) is 0 Å². The molecule has 0 aliphatic carbocycles. The molecule has 3 N–H and O–H groups in total. The Morgan fingerprint density at radius 1 is 1.33 bits per heavy atom. The molecule has 18 heavy (non-hydrogen) atoms. The summed E-state index contributed by atoms with van der Waals surface area (Å²) in [6.45, 7) is 2.19. The molecule has 1 atom stereocenters. The van der Waals surface area contributed by atoms with Crippen molar-refractivity contribution in [1.82, 2.24) is 5.32 Å². The van der Waals surface area contributed by atoms with Crippen LogP contribution in [0, 0.1) is 0 Å². The highest BCUT2D eigenvalue weighted by molar-refractivity contribution is 5.75. The molecule has 0 aliphatic rings. The molecule has 5 heteroatoms. The third-order valence-corrected chi connectivity index (χ3v) is 2.61. The maximum Gasteiger partial charge on any atom is 0.231 e. The van der Waals surface area contributed by atoms with E-state index in [1.54, 1.807) is 14.2 Å². The van der Waals surface area contributed by atoms with Crippen molar-refractivity contribution in [2.75, 3.05) is 20.8 Å². The van der Waals surface area contributed by atoms with Gasteiger partial charge in [-0.15, -0.1) is 0 Å². The van der Waals surface area contributed by atoms with Crippen molar-refractivity contribution in [3.8, 4) is 11.5 Å². The van der Waals surface area contributed by atoms with Crippen LogP contribution in [0.3, 0.4) is 0 Å². The zero-order chi connectivity index (χ0) is 13.5. The van der Waals surface area contributed by atoms with Gasteiger partial charge in [0.15, 0.2) is 11.5 Å². The first-order chi connectivity index (χ1) is 8.56. The van der Waals surface area contributed by atoms with E-state index in [0.717, 1.165) is 12.0 Å². The monoisotopic (exact) mass is 252 g/mol. The minimum Gasteiger partial charge on any atom is -0.493 e. The predicted octanol–water partition coefficient (Wildman–Crippen LogP) is 0.710. The number of hydrogen-bond donors (Lipinski definition) is 2. The number of carbonyl (C=O) groups excluding carboxylic acids is 1. The van der Waals surface area contributed by atoms with Gasteiger partial charge in [0.25, 0.3) is 0 Å². The van der Waals surface area contributed by atoms with Gasteiger partial charge in [-0.1, -0.05) is 6.07 Å². The molecule has 1 aromatic carbocycles. The van der Waals surface area contributed by atoms with Gasteiger partial charge < -0.3 is 20.5 Å². The van der Waals surface area contributed by atoms with E-state index in [0.29, 0.717) is 11.5 Å². The Labute approximate surface area is 107 Å². The van der Waals surface area contributed by atoms with Crippen LogP contribution in [0.2, 0.25) is 0 Å². The number of rotatable bonds is 7. The summed E-state index contributed by atoms with van der Waals surface area (Å²) in [6, 6.07) is 5.94. The molecule has 100 valence electrons. The molecular weight excluding hydrogens is 232 g/mol. The smallest absolute Gasteiger partial charge is 0.231 e. The van der Waals surface area contributed by atoms with Crippen molar-refractivity contribution in [2.45, 2.75) is 19.4 Å². The Hall–Kier alpha value is -1.75. The Bertz CT molecular complexity index is 407. The van der Waals surface area contributed by atoms with Gasteiger partial charge in [0, 0.05) is 6.04 Å². The Balaban J connectivity index is 2.64. The number of benzene rings is 1. The molecule has 0 heterocycles. The standard InChI is InChI=1S/C13H20N2O3/c1-9(15-8-13(14)16)6-10-4-5-11(17-2)12(7-10)18-3/h4-5,7,9,15H,6,8H2,1-3H3,(H2,14,16). The van der Waals surface area contributed by atoms with Gasteiger partial charge in [0.1, 0.15) is 0 Å². The van der Waals surface area contributed by atoms with Crippen LogP contribution in [-0.4, -0.2) is 32.7 Å². The summed E-state index contributed by atoms with van der Waals surface area (Å²) >= 11 is 0. The number of primary amides is 1. The fraction of sp³-hybridized carbons (Fsp3) is 0.462. The quantitative estimate of drug-likeness (QED) is 0.749. The van der Waals surface area contributed by atoms with E-state index in [1.165, 1.54) is 0 Å². The summed E-state index contributed by atoms with van der Waals surface area (Å²) in [6.07, 6.45) is 0.785. The van der Waals surface area contributed by atoms with Crippen LogP contribution in [0.15, 0.2) is 18.2 Å². The fourth-order valence-electron chi connectivity index (χ4n) is 1.71. The van der Waals surface area contributed by atoms with Gasteiger partial charge >= 0.3 is 0 Å². The second-order valence-corrected chi connectivity index (χ2v) is 4.14. The topological polar surface area (TPSA) is 73.6 Å². The average Bonchev–Trinajstić information content (AvgIpc) is 2.36. The van der Waals surface area contributed by atoms with Gasteiger partial charge in [-0.25, -0.2) is 0 Å². The van der Waals surface area contributed by atoms with Crippen molar-refractivity contribution >= 4 is 5.91 Å². The number of nitrogens with one attached hydrogen (secondary N) is 1. The lowest BCUT2D eigenvalue weighted by atomic mass is 10.1. The first-order valence-corrected chi connectivity index (χ1v) is 5.79. The highest BCUT2D eigenvalue weighted by Crippen LogP contribution is 2.27. The van der Waals surface area contributed by atoms with E-state index in [9.17, 15) is 4.79 Å².